The highest BCUT2D eigenvalue weighted by molar-refractivity contribution is 6.01. The summed E-state index contributed by atoms with van der Waals surface area (Å²) in [5.74, 6) is 0.656. The normalized spacial score (nSPS) is 18.5. The summed E-state index contributed by atoms with van der Waals surface area (Å²) in [5.41, 5.74) is 1.08. The molecule has 10 nitrogen and oxygen atoms in total. The van der Waals surface area contributed by atoms with Crippen molar-refractivity contribution < 1.29 is 33.7 Å². The van der Waals surface area contributed by atoms with Crippen molar-refractivity contribution in [3.05, 3.63) is 83.9 Å². The summed E-state index contributed by atoms with van der Waals surface area (Å²) in [6.45, 7) is 2.47. The fraction of sp³-hybridized carbons (Fsp3) is 0.344. The fourth-order valence-corrected chi connectivity index (χ4v) is 5.11. The van der Waals surface area contributed by atoms with Crippen LogP contribution in [0.5, 0.6) is 17.2 Å². The molecule has 3 aromatic rings. The maximum Gasteiger partial charge on any atom is 0.337 e. The number of carboxylic acid groups (broad SMARTS) is 1. The van der Waals surface area contributed by atoms with E-state index in [1.54, 1.807) is 42.5 Å². The van der Waals surface area contributed by atoms with Crippen molar-refractivity contribution in [2.45, 2.75) is 44.2 Å². The van der Waals surface area contributed by atoms with Crippen molar-refractivity contribution in [1.29, 1.82) is 0 Å². The van der Waals surface area contributed by atoms with E-state index in [4.69, 9.17) is 14.2 Å². The van der Waals surface area contributed by atoms with E-state index in [1.807, 2.05) is 29.2 Å². The van der Waals surface area contributed by atoms with Gasteiger partial charge in [-0.25, -0.2) is 9.59 Å². The molecular weight excluding hydrogens is 538 g/mol. The zero-order valence-corrected chi connectivity index (χ0v) is 23.3. The van der Waals surface area contributed by atoms with Gasteiger partial charge in [-0.15, -0.1) is 0 Å². The summed E-state index contributed by atoms with van der Waals surface area (Å²) >= 11 is 0. The zero-order chi connectivity index (χ0) is 29.3. The van der Waals surface area contributed by atoms with Gasteiger partial charge in [-0.05, 0) is 79.8 Å². The van der Waals surface area contributed by atoms with Crippen LogP contribution in [0.4, 0.5) is 10.5 Å². The lowest BCUT2D eigenvalue weighted by Gasteiger charge is -2.32. The van der Waals surface area contributed by atoms with E-state index < -0.39 is 5.97 Å². The molecule has 0 bridgehead atoms. The molecule has 1 heterocycles. The Morgan fingerprint density at radius 3 is 2.12 bits per heavy atom. The number of benzene rings is 3. The van der Waals surface area contributed by atoms with E-state index in [2.05, 4.69) is 10.6 Å². The van der Waals surface area contributed by atoms with Crippen LogP contribution in [0.2, 0.25) is 0 Å². The number of para-hydroxylation sites is 1. The van der Waals surface area contributed by atoms with Crippen LogP contribution in [-0.2, 0) is 16.0 Å². The molecular formula is C32H35N3O7. The molecule has 3 N–H and O–H groups in total. The first-order chi connectivity index (χ1) is 20.4. The van der Waals surface area contributed by atoms with Gasteiger partial charge in [0.05, 0.1) is 37.0 Å². The minimum atomic E-state index is -1.10. The lowest BCUT2D eigenvalue weighted by atomic mass is 9.93. The number of anilines is 1. The molecule has 10 heteroatoms. The van der Waals surface area contributed by atoms with Crippen LogP contribution in [-0.4, -0.2) is 66.4 Å². The van der Waals surface area contributed by atoms with Crippen LogP contribution in [0.15, 0.2) is 72.8 Å². The van der Waals surface area contributed by atoms with Crippen LogP contribution in [0.25, 0.3) is 0 Å². The average molecular weight is 574 g/mol. The number of morpholine rings is 1. The molecule has 1 aliphatic heterocycles. The van der Waals surface area contributed by atoms with Gasteiger partial charge >= 0.3 is 12.0 Å². The van der Waals surface area contributed by atoms with Gasteiger partial charge in [0.1, 0.15) is 17.2 Å². The molecule has 1 saturated heterocycles. The van der Waals surface area contributed by atoms with Gasteiger partial charge < -0.3 is 34.9 Å². The maximum atomic E-state index is 12.5. The van der Waals surface area contributed by atoms with Gasteiger partial charge in [0.15, 0.2) is 0 Å². The molecule has 42 heavy (non-hydrogen) atoms. The number of rotatable bonds is 9. The SMILES string of the molecule is O=C(Cc1ccc(Oc2ccc(OC3CCC(NC(=O)N4CCOCC4)CC3)cc2)cc1)Nc1ccccc1C(=O)O. The number of carboxylic acids is 1. The highest BCUT2D eigenvalue weighted by Gasteiger charge is 2.26. The molecule has 0 aromatic heterocycles. The van der Waals surface area contributed by atoms with Crippen LogP contribution >= 0.6 is 0 Å². The summed E-state index contributed by atoms with van der Waals surface area (Å²) < 4.78 is 17.4. The highest BCUT2D eigenvalue weighted by atomic mass is 16.5. The Balaban J connectivity index is 1.05. The summed E-state index contributed by atoms with van der Waals surface area (Å²) in [6, 6.07) is 21.1. The first kappa shape index (κ1) is 28.9. The Morgan fingerprint density at radius 2 is 1.45 bits per heavy atom. The number of carbonyl (C=O) groups is 3. The molecule has 1 aliphatic carbocycles. The first-order valence-corrected chi connectivity index (χ1v) is 14.2. The molecule has 220 valence electrons. The Hall–Kier alpha value is -4.57. The topological polar surface area (TPSA) is 126 Å². The van der Waals surface area contributed by atoms with Crippen molar-refractivity contribution in [2.75, 3.05) is 31.6 Å². The number of ether oxygens (including phenoxy) is 3. The van der Waals surface area contributed by atoms with Crippen molar-refractivity contribution in [2.24, 2.45) is 0 Å². The quantitative estimate of drug-likeness (QED) is 0.326. The molecule has 3 amide bonds. The molecule has 5 rings (SSSR count). The van der Waals surface area contributed by atoms with Gasteiger partial charge in [0.2, 0.25) is 5.91 Å². The molecule has 3 aromatic carbocycles. The Kier molecular flexibility index (Phi) is 9.55. The third kappa shape index (κ3) is 8.01. The molecule has 0 atom stereocenters. The van der Waals surface area contributed by atoms with E-state index in [1.165, 1.54) is 6.07 Å². The van der Waals surface area contributed by atoms with Crippen molar-refractivity contribution >= 4 is 23.6 Å². The predicted octanol–water partition coefficient (Wildman–Crippen LogP) is 5.09. The third-order valence-corrected chi connectivity index (χ3v) is 7.38. The van der Waals surface area contributed by atoms with Gasteiger partial charge in [-0.2, -0.15) is 0 Å². The second kappa shape index (κ2) is 13.9. The van der Waals surface area contributed by atoms with Crippen LogP contribution in [0.1, 0.15) is 41.6 Å². The maximum absolute atomic E-state index is 12.5. The third-order valence-electron chi connectivity index (χ3n) is 7.38. The number of hydrogen-bond acceptors (Lipinski definition) is 6. The van der Waals surface area contributed by atoms with Crippen molar-refractivity contribution in [3.63, 3.8) is 0 Å². The summed E-state index contributed by atoms with van der Waals surface area (Å²) in [4.78, 5) is 38.1. The lowest BCUT2D eigenvalue weighted by molar-refractivity contribution is -0.115. The molecule has 0 spiro atoms. The van der Waals surface area contributed by atoms with Crippen molar-refractivity contribution in [3.8, 4) is 17.2 Å². The van der Waals surface area contributed by atoms with E-state index in [0.29, 0.717) is 37.8 Å². The minimum absolute atomic E-state index is 0.00228. The molecule has 0 unspecified atom stereocenters. The zero-order valence-electron chi connectivity index (χ0n) is 23.3. The van der Waals surface area contributed by atoms with Crippen molar-refractivity contribution in [1.82, 2.24) is 10.2 Å². The van der Waals surface area contributed by atoms with Gasteiger partial charge in [-0.3, -0.25) is 4.79 Å². The number of aromatic carboxylic acids is 1. The second-order valence-corrected chi connectivity index (χ2v) is 10.4. The number of carbonyl (C=O) groups excluding carboxylic acids is 2. The summed E-state index contributed by atoms with van der Waals surface area (Å²) in [6.07, 6.45) is 3.73. The van der Waals surface area contributed by atoms with Crippen LogP contribution in [0, 0.1) is 0 Å². The number of amides is 3. The van der Waals surface area contributed by atoms with Gasteiger partial charge in [-0.1, -0.05) is 24.3 Å². The standard InChI is InChI=1S/C32H35N3O7/c36-30(34-29-4-2-1-3-28(29)31(37)38)21-22-5-9-24(10-6-22)41-26-13-15-27(16-14-26)42-25-11-7-23(8-12-25)33-32(39)35-17-19-40-20-18-35/h1-6,9-10,13-16,23,25H,7-8,11-12,17-21H2,(H,33,39)(H,34,36)(H,37,38). The molecule has 0 radical (unpaired) electrons. The van der Waals surface area contributed by atoms with Crippen LogP contribution in [0.3, 0.4) is 0 Å². The lowest BCUT2D eigenvalue weighted by Crippen LogP contribution is -2.50. The smallest absolute Gasteiger partial charge is 0.337 e. The second-order valence-electron chi connectivity index (χ2n) is 10.4. The Morgan fingerprint density at radius 1 is 0.833 bits per heavy atom. The van der Waals surface area contributed by atoms with Crippen LogP contribution < -0.4 is 20.1 Å². The van der Waals surface area contributed by atoms with Gasteiger partial charge in [0.25, 0.3) is 0 Å². The fourth-order valence-electron chi connectivity index (χ4n) is 5.11. The largest absolute Gasteiger partial charge is 0.490 e. The monoisotopic (exact) mass is 573 g/mol. The molecule has 2 fully saturated rings. The molecule has 1 saturated carbocycles. The minimum Gasteiger partial charge on any atom is -0.490 e. The number of urea groups is 1. The van der Waals surface area contributed by atoms with E-state index in [9.17, 15) is 19.5 Å². The number of nitrogens with one attached hydrogen (secondary N) is 2. The Bertz CT molecular complexity index is 1360. The predicted molar refractivity (Wildman–Crippen MR) is 156 cm³/mol. The van der Waals surface area contributed by atoms with E-state index in [0.717, 1.165) is 37.0 Å². The van der Waals surface area contributed by atoms with E-state index in [-0.39, 0.29) is 41.8 Å². The number of hydrogen-bond donors (Lipinski definition) is 3. The molecule has 2 aliphatic rings. The highest BCUT2D eigenvalue weighted by Crippen LogP contribution is 2.28. The first-order valence-electron chi connectivity index (χ1n) is 14.2. The summed E-state index contributed by atoms with van der Waals surface area (Å²) in [7, 11) is 0. The number of nitrogens with zero attached hydrogens (tertiary/aromatic N) is 1. The van der Waals surface area contributed by atoms with E-state index >= 15 is 0 Å². The Labute approximate surface area is 244 Å². The summed E-state index contributed by atoms with van der Waals surface area (Å²) in [5, 5.41) is 15.1. The average Bonchev–Trinajstić information content (AvgIpc) is 3.00. The van der Waals surface area contributed by atoms with Gasteiger partial charge in [0, 0.05) is 19.1 Å².